The lowest BCUT2D eigenvalue weighted by molar-refractivity contribution is -0.125. The average Bonchev–Trinajstić information content (AvgIpc) is 1.65. The largest absolute Gasteiger partial charge is 0.396 e. The van der Waals surface area contributed by atoms with Crippen LogP contribution in [0.4, 0.5) is 0 Å². The van der Waals surface area contributed by atoms with Gasteiger partial charge in [0.05, 0.1) is 85.8 Å². The second kappa shape index (κ2) is 58.3. The Morgan fingerprint density at radius 3 is 0.882 bits per heavy atom. The average molecular weight is 1680 g/mol. The fourth-order valence-electron chi connectivity index (χ4n) is 19.7. The number of rotatable bonds is 28. The number of likely N-dealkylation sites (N-methyl/N-ethyl adjacent to an activating group) is 9. The van der Waals surface area contributed by atoms with Crippen LogP contribution in [0.25, 0.3) is 0 Å². The van der Waals surface area contributed by atoms with Gasteiger partial charge in [-0.25, -0.2) is 0 Å². The molecule has 8 fully saturated rings. The van der Waals surface area contributed by atoms with Crippen molar-refractivity contribution in [3.63, 3.8) is 0 Å². The lowest BCUT2D eigenvalue weighted by Gasteiger charge is -2.29. The Hall–Kier alpha value is -5.89. The fraction of sp³-hybridized carbons (Fsp3) is 0.772. The first-order chi connectivity index (χ1) is 55.6. The number of hydrogen-bond acceptors (Lipinski definition) is 27. The molecule has 27 nitrogen and oxygen atoms in total. The molecular formula is C92H164N10O17. The van der Waals surface area contributed by atoms with Gasteiger partial charge in [0.1, 0.15) is 76.7 Å². The number of nitrogens with zero attached hydrogens (tertiary/aromatic N) is 8. The molecule has 0 aromatic carbocycles. The van der Waals surface area contributed by atoms with Gasteiger partial charge < -0.3 is 41.1 Å². The fourth-order valence-corrected chi connectivity index (χ4v) is 19.7. The Kier molecular flexibility index (Phi) is 56.4. The highest BCUT2D eigenvalue weighted by atomic mass is 16.3. The van der Waals surface area contributed by atoms with Gasteiger partial charge in [0, 0.05) is 60.7 Å². The molecule has 0 bridgehead atoms. The highest BCUT2D eigenvalue weighted by Crippen LogP contribution is 2.38. The summed E-state index contributed by atoms with van der Waals surface area (Å²) in [6, 6.07) is 0.903. The number of carbonyl (C=O) groups excluding carboxylic acids is 13. The zero-order valence-electron chi connectivity index (χ0n) is 78.2. The van der Waals surface area contributed by atoms with Crippen LogP contribution in [0.5, 0.6) is 0 Å². The molecule has 7 N–H and O–H groups in total. The molecule has 0 saturated carbocycles. The molecule has 119 heavy (non-hydrogen) atoms. The lowest BCUT2D eigenvalue weighted by atomic mass is 9.92. The van der Waals surface area contributed by atoms with Gasteiger partial charge in [-0.05, 0) is 239 Å². The highest BCUT2D eigenvalue weighted by molar-refractivity contribution is 5.88. The summed E-state index contributed by atoms with van der Waals surface area (Å²) in [4.78, 5) is 158. The predicted molar refractivity (Wildman–Crippen MR) is 475 cm³/mol. The van der Waals surface area contributed by atoms with Crippen LogP contribution in [0, 0.1) is 47.3 Å². The van der Waals surface area contributed by atoms with Gasteiger partial charge in [-0.2, -0.15) is 0 Å². The van der Waals surface area contributed by atoms with E-state index < -0.39 is 6.10 Å². The summed E-state index contributed by atoms with van der Waals surface area (Å²) in [5.41, 5.74) is 5.96. The van der Waals surface area contributed by atoms with Crippen molar-refractivity contribution in [2.45, 2.75) is 329 Å². The molecule has 0 aromatic rings. The summed E-state index contributed by atoms with van der Waals surface area (Å²) in [7, 11) is 17.1. The summed E-state index contributed by atoms with van der Waals surface area (Å²) in [6.45, 7) is 47.4. The molecule has 0 radical (unpaired) electrons. The summed E-state index contributed by atoms with van der Waals surface area (Å²) in [5.74, 6) is 4.66. The van der Waals surface area contributed by atoms with Crippen LogP contribution in [-0.4, -0.2) is 334 Å². The van der Waals surface area contributed by atoms with Crippen molar-refractivity contribution in [3.8, 4) is 0 Å². The highest BCUT2D eigenvalue weighted by Gasteiger charge is 2.48. The number of ketones is 10. The molecule has 27 heteroatoms. The topological polar surface area (TPSA) is 367 Å². The van der Waals surface area contributed by atoms with E-state index in [-0.39, 0.29) is 180 Å². The Balaban J connectivity index is 0. The van der Waals surface area contributed by atoms with Gasteiger partial charge >= 0.3 is 0 Å². The maximum absolute atomic E-state index is 11.4. The van der Waals surface area contributed by atoms with Gasteiger partial charge in [-0.15, -0.1) is 19.7 Å². The van der Waals surface area contributed by atoms with Crippen LogP contribution >= 0.6 is 0 Å². The van der Waals surface area contributed by atoms with Crippen LogP contribution in [-0.2, 0) is 62.3 Å². The van der Waals surface area contributed by atoms with Crippen LogP contribution in [0.2, 0.25) is 0 Å². The molecular weight excluding hydrogens is 1520 g/mol. The standard InChI is InChI=1S/C11H22N2O.C11H21NO3.C11H21NO2.C11H19NO2.C11H19NO.C10H17NO2.C10H15NO2.C10H17NO2.C4H9NO.C3H4O/c1-5-9-6-10(8(3)14)13(4)11(9)7(2)12;1-4-8-5-9(7(2)14)12(3)11(8)10(15)6-13;2*1-5-9-6-10(7(2)13)12(4)11(9)8(3)14;1-5-9-7-11(8(3)13)12(4)10(9)6-2;2*1-4-9-8(6-12)5-10(7(2)13)11(9)3;1-4-8-5-9(7(2)13)11(3)10(8)6-12;1-4(6)3-5-2;1-2-3-4/h7,9-11H,5-6,12H2,1-4H3;8-11,13,15H,4-6H2,1-3H3;8-11,14H,5-6H2,1-4H3;9-11H,5-6H2,1-4H3;6,9-11H,2,5,7H2,1,3-4H3;4,8-10,12H,1,5-6H2,2-3H3;4,6,8-10H,1,5H2,2-3H3;6,8-10H,4-5H2,1-3H3;5H,3H2,1-2H3;2-3H,1H2/t7?,9-,10-,11?;8-,9-,10?,11-;8?,9-,10-,11+;9-,10-,11?;9-,10+,11-;8-,9-,10+;8?,9-,10+;8-,9-,10+;;/m11111001../s1. The summed E-state index contributed by atoms with van der Waals surface area (Å²) in [6.07, 6.45) is 21.0. The van der Waals surface area contributed by atoms with E-state index in [1.807, 2.05) is 112 Å². The van der Waals surface area contributed by atoms with E-state index in [1.54, 1.807) is 82.4 Å². The van der Waals surface area contributed by atoms with E-state index in [4.69, 9.17) is 20.7 Å². The maximum Gasteiger partial charge on any atom is 0.147 e. The van der Waals surface area contributed by atoms with Crippen LogP contribution < -0.4 is 11.1 Å². The van der Waals surface area contributed by atoms with Crippen LogP contribution in [0.15, 0.2) is 50.6 Å². The van der Waals surface area contributed by atoms with Crippen molar-refractivity contribution < 1.29 is 82.8 Å². The first-order valence-electron chi connectivity index (χ1n) is 43.2. The molecule has 8 saturated heterocycles. The molecule has 8 rings (SSSR count). The van der Waals surface area contributed by atoms with Crippen molar-refractivity contribution in [2.75, 3.05) is 83.2 Å². The molecule has 0 aromatic heterocycles. The number of aliphatic hydroxyl groups is 4. The third kappa shape index (κ3) is 33.9. The third-order valence-corrected chi connectivity index (χ3v) is 26.4. The molecule has 684 valence electrons. The Morgan fingerprint density at radius 2 is 0.664 bits per heavy atom. The molecule has 0 aliphatic carbocycles. The van der Waals surface area contributed by atoms with Crippen molar-refractivity contribution in [3.05, 3.63) is 50.6 Å². The summed E-state index contributed by atoms with van der Waals surface area (Å²) in [5, 5.41) is 40.2. The molecule has 6 unspecified atom stereocenters. The summed E-state index contributed by atoms with van der Waals surface area (Å²) < 4.78 is 0. The quantitative estimate of drug-likeness (QED) is 0.0253. The van der Waals surface area contributed by atoms with E-state index in [1.165, 1.54) is 6.08 Å². The van der Waals surface area contributed by atoms with Gasteiger partial charge in [-0.1, -0.05) is 105 Å². The van der Waals surface area contributed by atoms with E-state index in [0.717, 1.165) is 96.0 Å². The second-order valence-electron chi connectivity index (χ2n) is 34.3. The SMILES string of the molecule is C=CC=O.C=C[C@H]1C(C=O)C[C@H](C(C)=O)N1C.C=C[C@H]1[C@H](CC)C[C@H](C(C)=O)N1C.C=C[C@H]1[C@H](CO)C[C@H](C(C)=O)N1C.CC[C@@H]1C[C@H](C(C)=O)N(C)C1C(C)=O.CC[C@@H]1C[C@H](C(C)=O)N(C)C1C(C)N.CC[C@@H]1C[C@H](C(C)=O)N(C)[C@H]1C(C)O.CC[C@@H]1C[C@H](C(C)=O)N(C)[C@H]1C(O)CO.CC[C@@H]1C[C@H](C(C)=O)N(C)[C@H]1C=O.CNCC(C)=O. The maximum atomic E-state index is 11.4. The molecule has 8 heterocycles. The molecule has 27 atom stereocenters. The molecule has 0 spiro atoms. The number of Topliss-reactive ketones (excluding diaryl/α,β-unsaturated/α-hetero) is 10. The van der Waals surface area contributed by atoms with Gasteiger partial charge in [-0.3, -0.25) is 91.9 Å². The minimum absolute atomic E-state index is 0.0135. The van der Waals surface area contributed by atoms with Crippen LogP contribution in [0.1, 0.15) is 215 Å². The smallest absolute Gasteiger partial charge is 0.147 e. The number of aliphatic hydroxyl groups excluding tert-OH is 4. The van der Waals surface area contributed by atoms with Crippen molar-refractivity contribution >= 4 is 76.7 Å². The van der Waals surface area contributed by atoms with Crippen molar-refractivity contribution in [2.24, 2.45) is 53.1 Å². The van der Waals surface area contributed by atoms with Crippen molar-refractivity contribution in [1.29, 1.82) is 0 Å². The Bertz CT molecular complexity index is 3020. The summed E-state index contributed by atoms with van der Waals surface area (Å²) >= 11 is 0. The normalized spacial score (nSPS) is 32.5. The number of allylic oxidation sites excluding steroid dienone is 1. The minimum atomic E-state index is -0.746. The number of nitrogens with one attached hydrogen (secondary N) is 1. The van der Waals surface area contributed by atoms with Gasteiger partial charge in [0.2, 0.25) is 0 Å². The Labute approximate surface area is 716 Å². The predicted octanol–water partition coefficient (Wildman–Crippen LogP) is 7.36. The van der Waals surface area contributed by atoms with Crippen LogP contribution in [0.3, 0.4) is 0 Å². The lowest BCUT2D eigenvalue weighted by Crippen LogP contribution is -2.46. The third-order valence-electron chi connectivity index (χ3n) is 26.4. The van der Waals surface area contributed by atoms with E-state index in [2.05, 4.69) is 83.0 Å². The van der Waals surface area contributed by atoms with E-state index in [9.17, 15) is 67.7 Å². The number of hydrogen-bond donors (Lipinski definition) is 6. The molecule has 0 amide bonds. The zero-order chi connectivity index (χ0) is 92.7. The molecule has 8 aliphatic rings. The van der Waals surface area contributed by atoms with Gasteiger partial charge in [0.15, 0.2) is 0 Å². The first kappa shape index (κ1) is 115. The minimum Gasteiger partial charge on any atom is -0.396 e. The van der Waals surface area contributed by atoms with E-state index in [0.29, 0.717) is 66.8 Å². The monoisotopic (exact) mass is 1680 g/mol. The Morgan fingerprint density at radius 1 is 0.387 bits per heavy atom. The number of aldehydes is 3. The number of nitrogens with two attached hydrogens (primary N) is 1. The number of carbonyl (C=O) groups is 13. The first-order valence-corrected chi connectivity index (χ1v) is 43.2. The number of likely N-dealkylation sites (tertiary alicyclic amines) is 8. The van der Waals surface area contributed by atoms with Gasteiger partial charge in [0.25, 0.3) is 0 Å². The second-order valence-corrected chi connectivity index (χ2v) is 34.3. The molecule has 8 aliphatic heterocycles. The zero-order valence-corrected chi connectivity index (χ0v) is 78.2. The van der Waals surface area contributed by atoms with Crippen molar-refractivity contribution in [1.82, 2.24) is 44.5 Å². The van der Waals surface area contributed by atoms with E-state index >= 15 is 0 Å².